The Kier molecular flexibility index (Phi) is 5.74. The van der Waals surface area contributed by atoms with Crippen molar-refractivity contribution in [2.24, 2.45) is 0 Å². The van der Waals surface area contributed by atoms with Crippen LogP contribution in [-0.4, -0.2) is 16.1 Å². The predicted molar refractivity (Wildman–Crippen MR) is 115 cm³/mol. The van der Waals surface area contributed by atoms with Crippen LogP contribution in [0.4, 0.5) is 4.39 Å². The molecular formula is C24H15FN2O3S. The molecule has 31 heavy (non-hydrogen) atoms. The minimum absolute atomic E-state index is 0.0779. The second-order valence-corrected chi connectivity index (χ2v) is 7.53. The Morgan fingerprint density at radius 1 is 1.10 bits per heavy atom. The van der Waals surface area contributed by atoms with E-state index in [0.29, 0.717) is 22.4 Å². The Bertz CT molecular complexity index is 1250. The van der Waals surface area contributed by atoms with Crippen LogP contribution in [0.3, 0.4) is 0 Å². The van der Waals surface area contributed by atoms with Crippen LogP contribution < -0.4 is 4.74 Å². The van der Waals surface area contributed by atoms with Gasteiger partial charge in [-0.1, -0.05) is 48.5 Å². The molecule has 5 nitrogen and oxygen atoms in total. The number of hydrogen-bond donors (Lipinski definition) is 1. The van der Waals surface area contributed by atoms with E-state index in [0.717, 1.165) is 4.88 Å². The highest BCUT2D eigenvalue weighted by Gasteiger charge is 2.26. The van der Waals surface area contributed by atoms with Gasteiger partial charge in [0.1, 0.15) is 17.4 Å². The minimum atomic E-state index is -1.35. The fourth-order valence-electron chi connectivity index (χ4n) is 3.12. The quantitative estimate of drug-likeness (QED) is 0.425. The monoisotopic (exact) mass is 430 g/mol. The van der Waals surface area contributed by atoms with Gasteiger partial charge in [-0.3, -0.25) is 0 Å². The number of carbonyl (C=O) groups is 1. The molecule has 7 heteroatoms. The Morgan fingerprint density at radius 2 is 1.84 bits per heavy atom. The van der Waals surface area contributed by atoms with Gasteiger partial charge in [-0.2, -0.15) is 5.26 Å². The summed E-state index contributed by atoms with van der Waals surface area (Å²) < 4.78 is 19.3. The molecule has 1 atom stereocenters. The van der Waals surface area contributed by atoms with Gasteiger partial charge in [0, 0.05) is 11.1 Å². The maximum Gasteiger partial charge on any atom is 0.349 e. The fraction of sp³-hybridized carbons (Fsp3) is 0.0417. The third-order valence-electron chi connectivity index (χ3n) is 4.58. The summed E-state index contributed by atoms with van der Waals surface area (Å²) in [5, 5.41) is 21.5. The highest BCUT2D eigenvalue weighted by atomic mass is 32.1. The van der Waals surface area contributed by atoms with Crippen LogP contribution in [0.25, 0.3) is 21.7 Å². The molecule has 0 radical (unpaired) electrons. The first-order chi connectivity index (χ1) is 15.1. The second-order valence-electron chi connectivity index (χ2n) is 6.58. The average Bonchev–Trinajstić information content (AvgIpc) is 3.33. The maximum absolute atomic E-state index is 13.4. The minimum Gasteiger partial charge on any atom is -0.478 e. The van der Waals surface area contributed by atoms with Crippen LogP contribution in [0.1, 0.15) is 17.2 Å². The first-order valence-corrected chi connectivity index (χ1v) is 10.1. The van der Waals surface area contributed by atoms with Crippen LogP contribution in [-0.2, 0) is 4.79 Å². The number of halogens is 1. The van der Waals surface area contributed by atoms with Gasteiger partial charge in [-0.15, -0.1) is 11.3 Å². The number of aromatic nitrogens is 1. The van der Waals surface area contributed by atoms with Crippen molar-refractivity contribution in [3.05, 3.63) is 95.1 Å². The number of ether oxygens (including phenoxy) is 1. The summed E-state index contributed by atoms with van der Waals surface area (Å²) in [5.74, 6) is -1.70. The number of carboxylic acids is 1. The van der Waals surface area contributed by atoms with E-state index in [-0.39, 0.29) is 11.4 Å². The Morgan fingerprint density at radius 3 is 2.45 bits per heavy atom. The highest BCUT2D eigenvalue weighted by Crippen LogP contribution is 2.36. The number of aliphatic carboxylic acids is 1. The van der Waals surface area contributed by atoms with Gasteiger partial charge < -0.3 is 9.84 Å². The molecule has 0 aliphatic rings. The molecule has 0 amide bonds. The average molecular weight is 430 g/mol. The first-order valence-electron chi connectivity index (χ1n) is 9.26. The van der Waals surface area contributed by atoms with E-state index in [1.165, 1.54) is 23.5 Å². The lowest BCUT2D eigenvalue weighted by molar-refractivity contribution is -0.145. The molecule has 1 N–H and O–H groups in total. The maximum atomic E-state index is 13.4. The molecule has 0 fully saturated rings. The van der Waals surface area contributed by atoms with Crippen LogP contribution in [0, 0.1) is 17.1 Å². The molecule has 0 aliphatic heterocycles. The van der Waals surface area contributed by atoms with Crippen molar-refractivity contribution in [1.82, 2.24) is 4.98 Å². The molecule has 0 aliphatic carbocycles. The summed E-state index contributed by atoms with van der Waals surface area (Å²) in [4.78, 5) is 17.2. The Balaban J connectivity index is 1.89. The standard InChI is InChI=1S/C24H15FN2O3S/c25-17-10-8-15(9-11-17)18-13-20(21-7-4-12-31-21)27-23(19(18)14-26)30-22(24(28)29)16-5-2-1-3-6-16/h1-13,22H,(H,28,29). The molecule has 1 unspecified atom stereocenters. The smallest absolute Gasteiger partial charge is 0.349 e. The lowest BCUT2D eigenvalue weighted by atomic mass is 10.00. The molecule has 2 aromatic carbocycles. The Hall–Kier alpha value is -4.02. The largest absolute Gasteiger partial charge is 0.478 e. The van der Waals surface area contributed by atoms with Crippen molar-refractivity contribution in [3.8, 4) is 33.6 Å². The number of pyridine rings is 1. The fourth-order valence-corrected chi connectivity index (χ4v) is 3.81. The molecule has 4 rings (SSSR count). The van der Waals surface area contributed by atoms with Crippen molar-refractivity contribution in [3.63, 3.8) is 0 Å². The van der Waals surface area contributed by atoms with Gasteiger partial charge in [0.15, 0.2) is 0 Å². The summed E-state index contributed by atoms with van der Waals surface area (Å²) in [5.41, 5.74) is 2.10. The highest BCUT2D eigenvalue weighted by molar-refractivity contribution is 7.13. The van der Waals surface area contributed by atoms with Crippen molar-refractivity contribution in [2.45, 2.75) is 6.10 Å². The van der Waals surface area contributed by atoms with Crippen LogP contribution >= 0.6 is 11.3 Å². The molecule has 0 saturated heterocycles. The number of thiophene rings is 1. The van der Waals surface area contributed by atoms with Crippen LogP contribution in [0.2, 0.25) is 0 Å². The molecule has 2 heterocycles. The number of nitriles is 1. The van der Waals surface area contributed by atoms with Crippen LogP contribution in [0.15, 0.2) is 78.2 Å². The van der Waals surface area contributed by atoms with Gasteiger partial charge in [-0.25, -0.2) is 14.2 Å². The zero-order valence-corrected chi connectivity index (χ0v) is 16.8. The first kappa shape index (κ1) is 20.3. The van der Waals surface area contributed by atoms with Crippen molar-refractivity contribution in [2.75, 3.05) is 0 Å². The van der Waals surface area contributed by atoms with Crippen molar-refractivity contribution < 1.29 is 19.0 Å². The number of nitrogens with zero attached hydrogens (tertiary/aromatic N) is 2. The second kappa shape index (κ2) is 8.78. The third-order valence-corrected chi connectivity index (χ3v) is 5.48. The lowest BCUT2D eigenvalue weighted by Gasteiger charge is -2.18. The number of carboxylic acid groups (broad SMARTS) is 1. The van der Waals surface area contributed by atoms with E-state index in [2.05, 4.69) is 11.1 Å². The predicted octanol–water partition coefficient (Wildman–Crippen LogP) is 5.69. The van der Waals surface area contributed by atoms with Gasteiger partial charge >= 0.3 is 5.97 Å². The summed E-state index contributed by atoms with van der Waals surface area (Å²) in [6.07, 6.45) is -1.35. The molecule has 0 bridgehead atoms. The SMILES string of the molecule is N#Cc1c(-c2ccc(F)cc2)cc(-c2cccs2)nc1OC(C(=O)O)c1ccccc1. The Labute approximate surface area is 181 Å². The third kappa shape index (κ3) is 4.29. The molecule has 4 aromatic rings. The number of benzene rings is 2. The zero-order valence-electron chi connectivity index (χ0n) is 16.0. The molecule has 0 saturated carbocycles. The summed E-state index contributed by atoms with van der Waals surface area (Å²) in [6, 6.07) is 21.7. The van der Waals surface area contributed by atoms with Crippen molar-refractivity contribution in [1.29, 1.82) is 5.26 Å². The molecular weight excluding hydrogens is 415 g/mol. The normalized spacial score (nSPS) is 11.5. The number of rotatable bonds is 6. The summed E-state index contributed by atoms with van der Waals surface area (Å²) in [6.45, 7) is 0. The van der Waals surface area contributed by atoms with E-state index >= 15 is 0 Å². The van der Waals surface area contributed by atoms with Gasteiger partial charge in [0.2, 0.25) is 12.0 Å². The van der Waals surface area contributed by atoms with Gasteiger partial charge in [0.25, 0.3) is 0 Å². The molecule has 0 spiro atoms. The van der Waals surface area contributed by atoms with E-state index in [9.17, 15) is 19.6 Å². The summed E-state index contributed by atoms with van der Waals surface area (Å²) in [7, 11) is 0. The van der Waals surface area contributed by atoms with Crippen LogP contribution in [0.5, 0.6) is 5.88 Å². The topological polar surface area (TPSA) is 83.2 Å². The number of hydrogen-bond acceptors (Lipinski definition) is 5. The van der Waals surface area contributed by atoms with E-state index in [1.807, 2.05) is 17.5 Å². The van der Waals surface area contributed by atoms with E-state index < -0.39 is 17.9 Å². The van der Waals surface area contributed by atoms with Gasteiger partial charge in [0.05, 0.1) is 10.6 Å². The van der Waals surface area contributed by atoms with E-state index in [1.54, 1.807) is 48.5 Å². The zero-order chi connectivity index (χ0) is 21.8. The van der Waals surface area contributed by atoms with Crippen molar-refractivity contribution >= 4 is 17.3 Å². The summed E-state index contributed by atoms with van der Waals surface area (Å²) >= 11 is 1.45. The van der Waals surface area contributed by atoms with E-state index in [4.69, 9.17) is 4.74 Å². The lowest BCUT2D eigenvalue weighted by Crippen LogP contribution is -2.19. The molecule has 152 valence electrons. The molecule has 2 aromatic heterocycles. The van der Waals surface area contributed by atoms with Gasteiger partial charge in [-0.05, 0) is 35.2 Å².